The number of ether oxygens (including phenoxy) is 1. The van der Waals surface area contributed by atoms with E-state index < -0.39 is 10.9 Å². The van der Waals surface area contributed by atoms with Gasteiger partial charge in [-0.15, -0.1) is 0 Å². The second kappa shape index (κ2) is 5.44. The average molecular weight is 279 g/mol. The number of rotatable bonds is 5. The minimum Gasteiger partial charge on any atom is -0.464 e. The monoisotopic (exact) mass is 279 g/mol. The van der Waals surface area contributed by atoms with Crippen molar-refractivity contribution in [2.75, 3.05) is 25.6 Å². The molecule has 1 saturated carbocycles. The number of nitro groups is 1. The third-order valence-electron chi connectivity index (χ3n) is 3.59. The van der Waals surface area contributed by atoms with E-state index in [2.05, 4.69) is 16.6 Å². The summed E-state index contributed by atoms with van der Waals surface area (Å²) in [5, 5.41) is 11.1. The van der Waals surface area contributed by atoms with Crippen molar-refractivity contribution in [1.29, 1.82) is 0 Å². The van der Waals surface area contributed by atoms with Gasteiger partial charge in [-0.25, -0.2) is 9.78 Å². The van der Waals surface area contributed by atoms with E-state index in [0.29, 0.717) is 18.4 Å². The molecular formula is C13H17N3O4. The number of aromatic nitrogens is 1. The number of hydrogen-bond donors (Lipinski definition) is 0. The van der Waals surface area contributed by atoms with E-state index in [-0.39, 0.29) is 17.2 Å². The molecule has 7 heteroatoms. The highest BCUT2D eigenvalue weighted by molar-refractivity contribution is 5.88. The molecule has 1 aliphatic rings. The van der Waals surface area contributed by atoms with Crippen molar-refractivity contribution < 1.29 is 14.5 Å². The Labute approximate surface area is 116 Å². The molecule has 20 heavy (non-hydrogen) atoms. The second-order valence-electron chi connectivity index (χ2n) is 5.14. The summed E-state index contributed by atoms with van der Waals surface area (Å²) in [7, 11) is 3.00. The van der Waals surface area contributed by atoms with Gasteiger partial charge < -0.3 is 9.64 Å². The molecule has 1 aliphatic carbocycles. The van der Waals surface area contributed by atoms with E-state index in [4.69, 9.17) is 0 Å². The zero-order valence-corrected chi connectivity index (χ0v) is 11.7. The summed E-state index contributed by atoms with van der Waals surface area (Å²) in [5.74, 6) is 0.773. The number of hydrogen-bond acceptors (Lipinski definition) is 6. The first-order valence-corrected chi connectivity index (χ1v) is 6.39. The summed E-state index contributed by atoms with van der Waals surface area (Å²) < 4.78 is 4.59. The predicted octanol–water partition coefficient (Wildman–Crippen LogP) is 1.87. The Morgan fingerprint density at radius 2 is 2.25 bits per heavy atom. The number of carbonyl (C=O) groups excluding carboxylic acids is 1. The topological polar surface area (TPSA) is 85.6 Å². The zero-order chi connectivity index (χ0) is 14.9. The Morgan fingerprint density at radius 1 is 1.60 bits per heavy atom. The van der Waals surface area contributed by atoms with Crippen molar-refractivity contribution in [2.24, 2.45) is 11.8 Å². The van der Waals surface area contributed by atoms with Crippen LogP contribution in [-0.2, 0) is 4.74 Å². The normalized spacial score (nSPS) is 20.4. The van der Waals surface area contributed by atoms with Gasteiger partial charge in [-0.1, -0.05) is 6.92 Å². The predicted molar refractivity (Wildman–Crippen MR) is 72.8 cm³/mol. The second-order valence-corrected chi connectivity index (χ2v) is 5.14. The van der Waals surface area contributed by atoms with E-state index in [1.165, 1.54) is 19.2 Å². The summed E-state index contributed by atoms with van der Waals surface area (Å²) in [4.78, 5) is 27.9. The van der Waals surface area contributed by atoms with Crippen molar-refractivity contribution in [3.05, 3.63) is 27.9 Å². The van der Waals surface area contributed by atoms with E-state index >= 15 is 0 Å². The molecule has 0 bridgehead atoms. The number of nitrogens with zero attached hydrogens (tertiary/aromatic N) is 3. The molecule has 0 aliphatic heterocycles. The number of esters is 1. The third-order valence-corrected chi connectivity index (χ3v) is 3.59. The molecule has 0 saturated heterocycles. The fourth-order valence-corrected chi connectivity index (χ4v) is 2.17. The Morgan fingerprint density at radius 3 is 2.75 bits per heavy atom. The smallest absolute Gasteiger partial charge is 0.356 e. The fraction of sp³-hybridized carbons (Fsp3) is 0.538. The van der Waals surface area contributed by atoms with E-state index in [0.717, 1.165) is 6.42 Å². The summed E-state index contributed by atoms with van der Waals surface area (Å²) in [6.45, 7) is 2.84. The molecule has 0 spiro atoms. The van der Waals surface area contributed by atoms with Crippen LogP contribution in [0.25, 0.3) is 0 Å². The first kappa shape index (κ1) is 14.2. The lowest BCUT2D eigenvalue weighted by molar-refractivity contribution is -0.384. The highest BCUT2D eigenvalue weighted by atomic mass is 16.6. The number of anilines is 1. The lowest BCUT2D eigenvalue weighted by atomic mass is 10.2. The standard InChI is InChI=1S/C13H17N3O4/c1-8-6-9(8)7-15(2)12-11(16(18)19)5-4-10(14-12)13(17)20-3/h4-5,8-9H,6-7H2,1-3H3. The molecule has 1 fully saturated rings. The lowest BCUT2D eigenvalue weighted by Gasteiger charge is -2.18. The van der Waals surface area contributed by atoms with Crippen LogP contribution in [0.4, 0.5) is 11.5 Å². The van der Waals surface area contributed by atoms with Crippen molar-refractivity contribution in [3.63, 3.8) is 0 Å². The van der Waals surface area contributed by atoms with Gasteiger partial charge in [0.15, 0.2) is 5.69 Å². The maximum atomic E-state index is 11.5. The molecule has 7 nitrogen and oxygen atoms in total. The maximum Gasteiger partial charge on any atom is 0.356 e. The van der Waals surface area contributed by atoms with Gasteiger partial charge in [0.25, 0.3) is 0 Å². The highest BCUT2D eigenvalue weighted by Gasteiger charge is 2.34. The number of carbonyl (C=O) groups is 1. The van der Waals surface area contributed by atoms with Gasteiger partial charge in [0.05, 0.1) is 12.0 Å². The quantitative estimate of drug-likeness (QED) is 0.464. The minimum absolute atomic E-state index is 0.0730. The molecule has 1 heterocycles. The van der Waals surface area contributed by atoms with E-state index in [9.17, 15) is 14.9 Å². The Kier molecular flexibility index (Phi) is 3.87. The number of pyridine rings is 1. The van der Waals surface area contributed by atoms with Crippen molar-refractivity contribution in [2.45, 2.75) is 13.3 Å². The molecule has 0 aromatic carbocycles. The van der Waals surface area contributed by atoms with Crippen LogP contribution in [0.1, 0.15) is 23.8 Å². The highest BCUT2D eigenvalue weighted by Crippen LogP contribution is 2.39. The van der Waals surface area contributed by atoms with Crippen LogP contribution in [0.2, 0.25) is 0 Å². The Balaban J connectivity index is 2.30. The fourth-order valence-electron chi connectivity index (χ4n) is 2.17. The summed E-state index contributed by atoms with van der Waals surface area (Å²) >= 11 is 0. The van der Waals surface area contributed by atoms with Crippen LogP contribution < -0.4 is 4.90 Å². The molecule has 2 rings (SSSR count). The average Bonchev–Trinajstić information content (AvgIpc) is 3.12. The zero-order valence-electron chi connectivity index (χ0n) is 11.7. The van der Waals surface area contributed by atoms with Crippen molar-refractivity contribution >= 4 is 17.5 Å². The van der Waals surface area contributed by atoms with Crippen molar-refractivity contribution in [1.82, 2.24) is 4.98 Å². The molecule has 1 aromatic heterocycles. The first-order chi connectivity index (χ1) is 9.43. The largest absolute Gasteiger partial charge is 0.464 e. The van der Waals surface area contributed by atoms with Crippen LogP contribution in [0.3, 0.4) is 0 Å². The Hall–Kier alpha value is -2.18. The van der Waals surface area contributed by atoms with Crippen LogP contribution in [0.5, 0.6) is 0 Å². The van der Waals surface area contributed by atoms with Crippen LogP contribution in [0, 0.1) is 22.0 Å². The van der Waals surface area contributed by atoms with Gasteiger partial charge in [-0.3, -0.25) is 10.1 Å². The van der Waals surface area contributed by atoms with Crippen LogP contribution in [0.15, 0.2) is 12.1 Å². The third kappa shape index (κ3) is 2.87. The summed E-state index contributed by atoms with van der Waals surface area (Å²) in [5.41, 5.74) is -0.0303. The molecular weight excluding hydrogens is 262 g/mol. The molecule has 0 N–H and O–H groups in total. The minimum atomic E-state index is -0.602. The van der Waals surface area contributed by atoms with Crippen LogP contribution >= 0.6 is 0 Å². The molecule has 108 valence electrons. The van der Waals surface area contributed by atoms with Gasteiger partial charge in [-0.05, 0) is 24.3 Å². The first-order valence-electron chi connectivity index (χ1n) is 6.39. The van der Waals surface area contributed by atoms with Gasteiger partial charge in [0.2, 0.25) is 5.82 Å². The molecule has 2 atom stereocenters. The molecule has 0 amide bonds. The van der Waals surface area contributed by atoms with Crippen LogP contribution in [-0.4, -0.2) is 36.6 Å². The SMILES string of the molecule is COC(=O)c1ccc([N+](=O)[O-])c(N(C)CC2CC2C)n1. The molecule has 2 unspecified atom stereocenters. The summed E-state index contributed by atoms with van der Waals surface area (Å²) in [6.07, 6.45) is 1.12. The van der Waals surface area contributed by atoms with Crippen molar-refractivity contribution in [3.8, 4) is 0 Å². The molecule has 0 radical (unpaired) electrons. The van der Waals surface area contributed by atoms with E-state index in [1.54, 1.807) is 11.9 Å². The Bertz CT molecular complexity index is 546. The lowest BCUT2D eigenvalue weighted by Crippen LogP contribution is -2.23. The molecule has 1 aromatic rings. The maximum absolute atomic E-state index is 11.5. The summed E-state index contributed by atoms with van der Waals surface area (Å²) in [6, 6.07) is 2.60. The van der Waals surface area contributed by atoms with Gasteiger partial charge in [0.1, 0.15) is 0 Å². The van der Waals surface area contributed by atoms with Gasteiger partial charge in [-0.2, -0.15) is 0 Å². The van der Waals surface area contributed by atoms with Gasteiger partial charge in [0, 0.05) is 19.7 Å². The van der Waals surface area contributed by atoms with Gasteiger partial charge >= 0.3 is 11.7 Å². The van der Waals surface area contributed by atoms with E-state index in [1.807, 2.05) is 0 Å². The number of methoxy groups -OCH3 is 1.